The zero-order valence-electron chi connectivity index (χ0n) is 22.2. The molecule has 2 heterocycles. The van der Waals surface area contributed by atoms with E-state index in [9.17, 15) is 8.42 Å². The van der Waals surface area contributed by atoms with Crippen molar-refractivity contribution in [2.45, 2.75) is 116 Å². The molecular weight excluding hydrogens is 458 g/mol. The number of hydrogen-bond acceptors (Lipinski definition) is 4. The molecule has 0 aromatic heterocycles. The Balaban J connectivity index is 1.22. The van der Waals surface area contributed by atoms with E-state index >= 15 is 0 Å². The Morgan fingerprint density at radius 3 is 2.69 bits per heavy atom. The van der Waals surface area contributed by atoms with Gasteiger partial charge in [-0.15, -0.1) is 0 Å². The fourth-order valence-corrected chi connectivity index (χ4v) is 10.8. The van der Waals surface area contributed by atoms with Crippen molar-refractivity contribution in [3.8, 4) is 0 Å². The van der Waals surface area contributed by atoms with Crippen molar-refractivity contribution in [3.63, 3.8) is 0 Å². The van der Waals surface area contributed by atoms with Crippen LogP contribution < -0.4 is 15.2 Å². The molecule has 35 heavy (non-hydrogen) atoms. The topological polar surface area (TPSA) is 93.5 Å². The molecule has 0 aromatic carbocycles. The predicted molar refractivity (Wildman–Crippen MR) is 139 cm³/mol. The Labute approximate surface area is 212 Å². The molecule has 0 radical (unpaired) electrons. The van der Waals surface area contributed by atoms with Gasteiger partial charge in [0.05, 0.1) is 11.7 Å². The van der Waals surface area contributed by atoms with Gasteiger partial charge in [-0.3, -0.25) is 0 Å². The molecule has 4 aliphatic carbocycles. The second kappa shape index (κ2) is 8.52. The number of fused-ring (bicyclic) bond motifs is 6. The molecule has 2 saturated heterocycles. The van der Waals surface area contributed by atoms with Gasteiger partial charge in [-0.1, -0.05) is 31.9 Å². The van der Waals surface area contributed by atoms with Crippen molar-refractivity contribution in [1.82, 2.24) is 10.0 Å². The Morgan fingerprint density at radius 1 is 1.11 bits per heavy atom. The molecule has 3 saturated carbocycles. The molecule has 2 aliphatic heterocycles. The van der Waals surface area contributed by atoms with Crippen molar-refractivity contribution in [3.05, 3.63) is 11.1 Å². The molecule has 6 aliphatic rings. The van der Waals surface area contributed by atoms with E-state index in [1.165, 1.54) is 38.5 Å². The molecule has 0 aromatic rings. The van der Waals surface area contributed by atoms with Gasteiger partial charge >= 0.3 is 0 Å². The molecule has 6 rings (SSSR count). The third-order valence-electron chi connectivity index (χ3n) is 12.0. The summed E-state index contributed by atoms with van der Waals surface area (Å²) in [6, 6.07) is 0.526. The van der Waals surface area contributed by atoms with Crippen LogP contribution >= 0.6 is 0 Å². The maximum atomic E-state index is 11.6. The van der Waals surface area contributed by atoms with Crippen LogP contribution in [0.4, 0.5) is 0 Å². The third kappa shape index (κ3) is 4.07. The van der Waals surface area contributed by atoms with Gasteiger partial charge in [0.25, 0.3) is 10.2 Å². The molecule has 0 unspecified atom stereocenters. The summed E-state index contributed by atoms with van der Waals surface area (Å²) >= 11 is 0. The second-order valence-electron chi connectivity index (χ2n) is 13.8. The van der Waals surface area contributed by atoms with E-state index in [-0.39, 0.29) is 11.6 Å². The molecule has 0 bridgehead atoms. The number of nitrogens with one attached hydrogen (secondary N) is 2. The minimum atomic E-state index is -3.63. The molecule has 0 amide bonds. The second-order valence-corrected chi connectivity index (χ2v) is 15.1. The van der Waals surface area contributed by atoms with Crippen LogP contribution in [0, 0.1) is 40.9 Å². The van der Waals surface area contributed by atoms with Crippen molar-refractivity contribution >= 4 is 10.2 Å². The predicted octanol–water partition coefficient (Wildman–Crippen LogP) is 4.27. The minimum Gasteiger partial charge on any atom is -0.369 e. The summed E-state index contributed by atoms with van der Waals surface area (Å²) < 4.78 is 33.0. The average Bonchev–Trinajstić information content (AvgIpc) is 3.23. The van der Waals surface area contributed by atoms with E-state index in [4.69, 9.17) is 9.88 Å². The summed E-state index contributed by atoms with van der Waals surface area (Å²) in [4.78, 5) is 0. The number of hydrogen-bond donors (Lipinski definition) is 3. The SMILES string of the molecule is CC1=C2C[C@H]3[C@@H](CC[C@@H]4C[C@H](NS(N)(=O)=O)CC[C@@]43C)[C@@H]2CC[C@@]2(C1)O[C@@H]1C[C@H](C)CN[C@H]1[C@H]2C. The molecule has 4 N–H and O–H groups in total. The van der Waals surface area contributed by atoms with E-state index in [2.05, 4.69) is 37.7 Å². The van der Waals surface area contributed by atoms with Gasteiger partial charge in [-0.2, -0.15) is 13.1 Å². The summed E-state index contributed by atoms with van der Waals surface area (Å²) in [5.74, 6) is 4.13. The highest BCUT2D eigenvalue weighted by molar-refractivity contribution is 7.87. The number of rotatable bonds is 2. The molecule has 6 nitrogen and oxygen atoms in total. The van der Waals surface area contributed by atoms with E-state index in [1.807, 2.05) is 0 Å². The Kier molecular flexibility index (Phi) is 6.05. The standard InChI is InChI=1S/C28H47N3O3S/c1-16-11-25-26(30-15-16)18(3)28(34-25)10-8-21-22-6-5-19-12-20(31-35(29,32)33)7-9-27(19,4)24(22)13-23(21)17(2)14-28/h16,18-22,24-26,30-31H,5-15H2,1-4H3,(H2,29,32,33)/t16-,18+,19+,20+,21-,22-,24-,25+,26-,27-,28-/m0/s1. The molecule has 1 spiro atoms. The Bertz CT molecular complexity index is 997. The van der Waals surface area contributed by atoms with Gasteiger partial charge < -0.3 is 10.1 Å². The zero-order valence-corrected chi connectivity index (χ0v) is 23.0. The maximum absolute atomic E-state index is 11.6. The van der Waals surface area contributed by atoms with Crippen LogP contribution in [0.25, 0.3) is 0 Å². The first-order valence-electron chi connectivity index (χ1n) is 14.4. The number of allylic oxidation sites excluding steroid dienone is 1. The molecular formula is C28H47N3O3S. The molecule has 7 heteroatoms. The van der Waals surface area contributed by atoms with Crippen molar-refractivity contribution in [1.29, 1.82) is 0 Å². The summed E-state index contributed by atoms with van der Waals surface area (Å²) in [6.07, 6.45) is 11.9. The summed E-state index contributed by atoms with van der Waals surface area (Å²) in [5.41, 5.74) is 3.74. The lowest BCUT2D eigenvalue weighted by atomic mass is 9.52. The van der Waals surface area contributed by atoms with Gasteiger partial charge in [0.2, 0.25) is 0 Å². The van der Waals surface area contributed by atoms with Crippen LogP contribution in [-0.2, 0) is 14.9 Å². The van der Waals surface area contributed by atoms with Crippen molar-refractivity contribution in [2.24, 2.45) is 46.1 Å². The number of nitrogens with two attached hydrogens (primary N) is 1. The van der Waals surface area contributed by atoms with E-state index in [0.29, 0.717) is 35.3 Å². The first kappa shape index (κ1) is 24.8. The normalized spacial score (nSPS) is 52.0. The lowest BCUT2D eigenvalue weighted by molar-refractivity contribution is -0.0746. The lowest BCUT2D eigenvalue weighted by Crippen LogP contribution is -2.51. The Morgan fingerprint density at radius 2 is 1.91 bits per heavy atom. The fraction of sp³-hybridized carbons (Fsp3) is 0.929. The third-order valence-corrected chi connectivity index (χ3v) is 12.6. The van der Waals surface area contributed by atoms with E-state index < -0.39 is 10.2 Å². The van der Waals surface area contributed by atoms with Gasteiger partial charge in [0.15, 0.2) is 0 Å². The van der Waals surface area contributed by atoms with Crippen LogP contribution in [0.3, 0.4) is 0 Å². The lowest BCUT2D eigenvalue weighted by Gasteiger charge is -2.54. The van der Waals surface area contributed by atoms with Crippen LogP contribution in [0.5, 0.6) is 0 Å². The highest BCUT2D eigenvalue weighted by Crippen LogP contribution is 2.65. The smallest absolute Gasteiger partial charge is 0.274 e. The van der Waals surface area contributed by atoms with Gasteiger partial charge in [-0.05, 0) is 113 Å². The van der Waals surface area contributed by atoms with Crippen LogP contribution in [0.2, 0.25) is 0 Å². The highest BCUT2D eigenvalue weighted by Gasteiger charge is 2.59. The maximum Gasteiger partial charge on any atom is 0.274 e. The largest absolute Gasteiger partial charge is 0.369 e. The van der Waals surface area contributed by atoms with Crippen LogP contribution in [0.1, 0.15) is 91.9 Å². The number of piperidine rings is 1. The van der Waals surface area contributed by atoms with Crippen LogP contribution in [0.15, 0.2) is 11.1 Å². The van der Waals surface area contributed by atoms with E-state index in [0.717, 1.165) is 50.0 Å². The summed E-state index contributed by atoms with van der Waals surface area (Å²) in [5, 5.41) is 9.15. The van der Waals surface area contributed by atoms with Gasteiger partial charge in [-0.25, -0.2) is 5.14 Å². The number of ether oxygens (including phenoxy) is 1. The van der Waals surface area contributed by atoms with Gasteiger partial charge in [0, 0.05) is 18.0 Å². The monoisotopic (exact) mass is 505 g/mol. The highest BCUT2D eigenvalue weighted by atomic mass is 32.2. The minimum absolute atomic E-state index is 0.00757. The summed E-state index contributed by atoms with van der Waals surface area (Å²) in [6.45, 7) is 10.9. The molecule has 5 fully saturated rings. The first-order valence-corrected chi connectivity index (χ1v) is 15.9. The van der Waals surface area contributed by atoms with Crippen molar-refractivity contribution in [2.75, 3.05) is 6.54 Å². The molecule has 198 valence electrons. The Hall–Kier alpha value is -0.470. The van der Waals surface area contributed by atoms with E-state index in [1.54, 1.807) is 11.1 Å². The van der Waals surface area contributed by atoms with Gasteiger partial charge in [0.1, 0.15) is 0 Å². The quantitative estimate of drug-likeness (QED) is 0.489. The molecule has 11 atom stereocenters. The fourth-order valence-electron chi connectivity index (χ4n) is 10.2. The van der Waals surface area contributed by atoms with Crippen molar-refractivity contribution < 1.29 is 13.2 Å². The average molecular weight is 506 g/mol. The first-order chi connectivity index (χ1) is 16.5. The van der Waals surface area contributed by atoms with Crippen LogP contribution in [-0.4, -0.2) is 38.8 Å². The summed E-state index contributed by atoms with van der Waals surface area (Å²) in [7, 11) is -3.63. The zero-order chi connectivity index (χ0) is 24.8.